The summed E-state index contributed by atoms with van der Waals surface area (Å²) in [5.74, 6) is 1.30. The van der Waals surface area contributed by atoms with E-state index in [1.165, 1.54) is 0 Å². The van der Waals surface area contributed by atoms with Crippen LogP contribution in [0.25, 0.3) is 0 Å². The van der Waals surface area contributed by atoms with Gasteiger partial charge in [-0.15, -0.1) is 0 Å². The van der Waals surface area contributed by atoms with E-state index >= 15 is 0 Å². The molecule has 0 radical (unpaired) electrons. The molecule has 0 aliphatic carbocycles. The summed E-state index contributed by atoms with van der Waals surface area (Å²) >= 11 is 5.96. The number of benzene rings is 1. The number of carbonyl (C=O) groups excluding carboxylic acids is 1. The molecule has 1 aliphatic heterocycles. The van der Waals surface area contributed by atoms with Crippen molar-refractivity contribution in [3.63, 3.8) is 0 Å². The van der Waals surface area contributed by atoms with Crippen LogP contribution >= 0.6 is 11.6 Å². The molecule has 0 spiro atoms. The molecule has 2 rings (SSSR count). The largest absolute Gasteiger partial charge is 0.484 e. The van der Waals surface area contributed by atoms with Gasteiger partial charge in [0.1, 0.15) is 5.75 Å². The summed E-state index contributed by atoms with van der Waals surface area (Å²) in [5, 5.41) is 3.86. The van der Waals surface area contributed by atoms with Gasteiger partial charge in [0.15, 0.2) is 6.61 Å². The van der Waals surface area contributed by atoms with Crippen LogP contribution in [-0.4, -0.2) is 44.1 Å². The number of halogens is 1. The Kier molecular flexibility index (Phi) is 5.26. The highest BCUT2D eigenvalue weighted by Gasteiger charge is 2.25. The first-order valence-corrected chi connectivity index (χ1v) is 7.29. The minimum atomic E-state index is 0.0520. The number of nitrogens with one attached hydrogen (secondary N) is 1. The Bertz CT molecular complexity index is 479. The lowest BCUT2D eigenvalue weighted by atomic mass is 10.1. The van der Waals surface area contributed by atoms with Crippen LogP contribution in [0.2, 0.25) is 5.02 Å². The summed E-state index contributed by atoms with van der Waals surface area (Å²) in [5.41, 5.74) is 0.951. The van der Waals surface area contributed by atoms with Crippen molar-refractivity contribution in [2.45, 2.75) is 13.3 Å². The summed E-state index contributed by atoms with van der Waals surface area (Å²) in [6, 6.07) is 5.43. The van der Waals surface area contributed by atoms with E-state index in [-0.39, 0.29) is 12.5 Å². The lowest BCUT2D eigenvalue weighted by Gasteiger charge is -2.17. The molecule has 1 saturated heterocycles. The van der Waals surface area contributed by atoms with Crippen molar-refractivity contribution in [3.05, 3.63) is 28.8 Å². The molecule has 1 aromatic rings. The van der Waals surface area contributed by atoms with E-state index in [2.05, 4.69) is 5.32 Å². The molecule has 4 nitrogen and oxygen atoms in total. The minimum absolute atomic E-state index is 0.0520. The third-order valence-electron chi connectivity index (χ3n) is 3.62. The maximum Gasteiger partial charge on any atom is 0.260 e. The second-order valence-corrected chi connectivity index (χ2v) is 5.66. The van der Waals surface area contributed by atoms with Gasteiger partial charge in [0, 0.05) is 18.1 Å². The number of carbonyl (C=O) groups is 1. The third-order valence-corrected chi connectivity index (χ3v) is 4.05. The first-order valence-electron chi connectivity index (χ1n) is 6.91. The molecule has 1 atom stereocenters. The molecule has 1 aliphatic rings. The number of rotatable bonds is 5. The van der Waals surface area contributed by atoms with Crippen molar-refractivity contribution in [3.8, 4) is 5.75 Å². The molecule has 1 heterocycles. The van der Waals surface area contributed by atoms with Crippen LogP contribution in [-0.2, 0) is 4.79 Å². The predicted molar refractivity (Wildman–Crippen MR) is 80.3 cm³/mol. The van der Waals surface area contributed by atoms with Gasteiger partial charge in [0.05, 0.1) is 0 Å². The van der Waals surface area contributed by atoms with Gasteiger partial charge >= 0.3 is 0 Å². The average molecular weight is 297 g/mol. The van der Waals surface area contributed by atoms with Gasteiger partial charge in [-0.25, -0.2) is 0 Å². The van der Waals surface area contributed by atoms with E-state index in [4.69, 9.17) is 16.3 Å². The van der Waals surface area contributed by atoms with Crippen LogP contribution in [0.4, 0.5) is 0 Å². The van der Waals surface area contributed by atoms with Gasteiger partial charge in [0.2, 0.25) is 0 Å². The van der Waals surface area contributed by atoms with Crippen molar-refractivity contribution < 1.29 is 9.53 Å². The highest BCUT2D eigenvalue weighted by Crippen LogP contribution is 2.21. The van der Waals surface area contributed by atoms with E-state index in [9.17, 15) is 4.79 Å². The number of hydrogen-bond acceptors (Lipinski definition) is 3. The quantitative estimate of drug-likeness (QED) is 0.905. The minimum Gasteiger partial charge on any atom is -0.484 e. The first-order chi connectivity index (χ1) is 9.60. The van der Waals surface area contributed by atoms with E-state index in [1.54, 1.807) is 12.1 Å². The second kappa shape index (κ2) is 6.95. The maximum atomic E-state index is 12.1. The lowest BCUT2D eigenvalue weighted by Crippen LogP contribution is -2.34. The maximum absolute atomic E-state index is 12.1. The molecule has 0 saturated carbocycles. The van der Waals surface area contributed by atoms with Crippen LogP contribution in [0.15, 0.2) is 18.2 Å². The predicted octanol–water partition coefficient (Wildman–Crippen LogP) is 2.10. The highest BCUT2D eigenvalue weighted by molar-refractivity contribution is 6.31. The molecule has 1 amide bonds. The van der Waals surface area contributed by atoms with Gasteiger partial charge in [-0.05, 0) is 56.6 Å². The van der Waals surface area contributed by atoms with Gasteiger partial charge in [-0.3, -0.25) is 4.79 Å². The standard InChI is InChI=1S/C15H21ClN2O2/c1-11-7-13(3-4-14(11)16)20-10-15(19)18-6-5-12(9-18)8-17-2/h3-4,7,12,17H,5-6,8-10H2,1-2H3/t12-/m1/s1. The molecular formula is C15H21ClN2O2. The zero-order valence-electron chi connectivity index (χ0n) is 12.0. The molecule has 5 heteroatoms. The fraction of sp³-hybridized carbons (Fsp3) is 0.533. The average Bonchev–Trinajstić information content (AvgIpc) is 2.89. The van der Waals surface area contributed by atoms with E-state index in [1.807, 2.05) is 24.9 Å². The molecule has 0 aromatic heterocycles. The summed E-state index contributed by atoms with van der Waals surface area (Å²) in [6.07, 6.45) is 1.06. The van der Waals surface area contributed by atoms with Crippen molar-refractivity contribution in [1.29, 1.82) is 0 Å². The molecular weight excluding hydrogens is 276 g/mol. The topological polar surface area (TPSA) is 41.6 Å². The first kappa shape index (κ1) is 15.1. The van der Waals surface area contributed by atoms with Crippen LogP contribution in [0.1, 0.15) is 12.0 Å². The summed E-state index contributed by atoms with van der Waals surface area (Å²) in [6.45, 7) is 4.62. The number of nitrogens with zero attached hydrogens (tertiary/aromatic N) is 1. The normalized spacial score (nSPS) is 18.4. The highest BCUT2D eigenvalue weighted by atomic mass is 35.5. The Morgan fingerprint density at radius 1 is 1.55 bits per heavy atom. The smallest absolute Gasteiger partial charge is 0.260 e. The third kappa shape index (κ3) is 3.87. The van der Waals surface area contributed by atoms with Crippen molar-refractivity contribution >= 4 is 17.5 Å². The number of amides is 1. The zero-order chi connectivity index (χ0) is 14.5. The Hall–Kier alpha value is -1.26. The lowest BCUT2D eigenvalue weighted by molar-refractivity contribution is -0.132. The Morgan fingerprint density at radius 2 is 2.35 bits per heavy atom. The van der Waals surface area contributed by atoms with Gasteiger partial charge in [-0.2, -0.15) is 0 Å². The number of hydrogen-bond donors (Lipinski definition) is 1. The van der Waals surface area contributed by atoms with Crippen molar-refractivity contribution in [2.24, 2.45) is 5.92 Å². The van der Waals surface area contributed by atoms with Crippen LogP contribution in [0.3, 0.4) is 0 Å². The molecule has 1 fully saturated rings. The summed E-state index contributed by atoms with van der Waals surface area (Å²) in [7, 11) is 1.94. The SMILES string of the molecule is CNC[C@H]1CCN(C(=O)COc2ccc(Cl)c(C)c2)C1. The molecule has 20 heavy (non-hydrogen) atoms. The van der Waals surface area contributed by atoms with E-state index in [0.717, 1.165) is 31.6 Å². The Labute approximate surface area is 125 Å². The molecule has 0 bridgehead atoms. The molecule has 1 N–H and O–H groups in total. The van der Waals surface area contributed by atoms with Crippen molar-refractivity contribution in [1.82, 2.24) is 10.2 Å². The summed E-state index contributed by atoms with van der Waals surface area (Å²) < 4.78 is 5.55. The molecule has 110 valence electrons. The Morgan fingerprint density at radius 3 is 3.05 bits per heavy atom. The molecule has 0 unspecified atom stereocenters. The van der Waals surface area contributed by atoms with Crippen LogP contribution in [0.5, 0.6) is 5.75 Å². The van der Waals surface area contributed by atoms with E-state index < -0.39 is 0 Å². The second-order valence-electron chi connectivity index (χ2n) is 5.25. The van der Waals surface area contributed by atoms with E-state index in [0.29, 0.717) is 16.7 Å². The number of likely N-dealkylation sites (tertiary alicyclic amines) is 1. The fourth-order valence-corrected chi connectivity index (χ4v) is 2.58. The fourth-order valence-electron chi connectivity index (χ4n) is 2.46. The monoisotopic (exact) mass is 296 g/mol. The Balaban J connectivity index is 1.82. The van der Waals surface area contributed by atoms with Crippen LogP contribution < -0.4 is 10.1 Å². The van der Waals surface area contributed by atoms with Gasteiger partial charge in [-0.1, -0.05) is 11.6 Å². The number of aryl methyl sites for hydroxylation is 1. The summed E-state index contributed by atoms with van der Waals surface area (Å²) in [4.78, 5) is 14.0. The molecule has 1 aromatic carbocycles. The van der Waals surface area contributed by atoms with Crippen molar-refractivity contribution in [2.75, 3.05) is 33.3 Å². The van der Waals surface area contributed by atoms with Gasteiger partial charge < -0.3 is 15.0 Å². The van der Waals surface area contributed by atoms with Gasteiger partial charge in [0.25, 0.3) is 5.91 Å². The number of ether oxygens (including phenoxy) is 1. The zero-order valence-corrected chi connectivity index (χ0v) is 12.7. The van der Waals surface area contributed by atoms with Crippen LogP contribution in [0, 0.1) is 12.8 Å².